The number of carboxylic acids is 1. The Morgan fingerprint density at radius 2 is 2.25 bits per heavy atom. The number of aliphatic hydroxyl groups is 1. The van der Waals surface area contributed by atoms with Crippen LogP contribution in [0.25, 0.3) is 0 Å². The predicted molar refractivity (Wildman–Crippen MR) is 58.3 cm³/mol. The molecule has 5 nitrogen and oxygen atoms in total. The molecule has 0 radical (unpaired) electrons. The van der Waals surface area contributed by atoms with Crippen LogP contribution in [-0.2, 0) is 6.54 Å². The number of carboxylic acid groups (broad SMARTS) is 1. The van der Waals surface area contributed by atoms with E-state index in [0.29, 0.717) is 18.5 Å². The van der Waals surface area contributed by atoms with E-state index in [0.717, 1.165) is 0 Å². The van der Waals surface area contributed by atoms with E-state index in [1.807, 2.05) is 13.8 Å². The van der Waals surface area contributed by atoms with Crippen molar-refractivity contribution in [1.82, 2.24) is 5.32 Å². The number of aliphatic hydroxyl groups excluding tert-OH is 1. The number of aromatic carboxylic acids is 1. The third kappa shape index (κ3) is 3.36. The first-order valence-electron chi connectivity index (χ1n) is 5.12. The number of hydrogen-bond acceptors (Lipinski definition) is 4. The predicted octanol–water partition coefficient (Wildman–Crippen LogP) is 1.23. The molecule has 5 heteroatoms. The van der Waals surface area contributed by atoms with Gasteiger partial charge in [0.25, 0.3) is 0 Å². The monoisotopic (exact) mass is 227 g/mol. The molecule has 90 valence electrons. The van der Waals surface area contributed by atoms with Gasteiger partial charge in [-0.3, -0.25) is 0 Å². The number of nitrogens with one attached hydrogen (secondary N) is 1. The average molecular weight is 227 g/mol. The third-order valence-corrected chi connectivity index (χ3v) is 2.44. The Labute approximate surface area is 94.1 Å². The Hall–Kier alpha value is -1.33. The molecule has 0 unspecified atom stereocenters. The second kappa shape index (κ2) is 5.14. The van der Waals surface area contributed by atoms with Gasteiger partial charge in [0.05, 0.1) is 6.26 Å². The molecule has 0 saturated carbocycles. The van der Waals surface area contributed by atoms with E-state index in [1.165, 1.54) is 6.26 Å². The first kappa shape index (κ1) is 12.7. The molecule has 0 fully saturated rings. The van der Waals surface area contributed by atoms with Crippen molar-refractivity contribution < 1.29 is 19.4 Å². The normalized spacial score (nSPS) is 11.7. The van der Waals surface area contributed by atoms with E-state index in [4.69, 9.17) is 14.6 Å². The van der Waals surface area contributed by atoms with Crippen molar-refractivity contribution in [2.24, 2.45) is 0 Å². The van der Waals surface area contributed by atoms with Gasteiger partial charge in [0.2, 0.25) is 5.76 Å². The van der Waals surface area contributed by atoms with Crippen molar-refractivity contribution in [2.45, 2.75) is 32.4 Å². The van der Waals surface area contributed by atoms with E-state index in [2.05, 4.69) is 5.32 Å². The van der Waals surface area contributed by atoms with Crippen LogP contribution in [0.2, 0.25) is 0 Å². The van der Waals surface area contributed by atoms with E-state index < -0.39 is 5.97 Å². The second-order valence-electron chi connectivity index (χ2n) is 4.29. The fraction of sp³-hybridized carbons (Fsp3) is 0.545. The molecule has 1 aromatic rings. The van der Waals surface area contributed by atoms with Gasteiger partial charge in [-0.2, -0.15) is 0 Å². The number of furan rings is 1. The zero-order valence-corrected chi connectivity index (χ0v) is 9.49. The van der Waals surface area contributed by atoms with Gasteiger partial charge in [-0.1, -0.05) is 0 Å². The van der Waals surface area contributed by atoms with Crippen molar-refractivity contribution in [2.75, 3.05) is 6.61 Å². The summed E-state index contributed by atoms with van der Waals surface area (Å²) >= 11 is 0. The highest BCUT2D eigenvalue weighted by atomic mass is 16.4. The van der Waals surface area contributed by atoms with Gasteiger partial charge in [0.1, 0.15) is 0 Å². The Balaban J connectivity index is 2.61. The van der Waals surface area contributed by atoms with Gasteiger partial charge in [-0.05, 0) is 26.3 Å². The molecule has 0 saturated heterocycles. The highest BCUT2D eigenvalue weighted by Gasteiger charge is 2.19. The maximum atomic E-state index is 10.8. The number of hydrogen-bond donors (Lipinski definition) is 3. The molecular weight excluding hydrogens is 210 g/mol. The maximum absolute atomic E-state index is 10.8. The molecule has 0 amide bonds. The molecule has 1 aromatic heterocycles. The van der Waals surface area contributed by atoms with Crippen molar-refractivity contribution >= 4 is 5.97 Å². The minimum absolute atomic E-state index is 0.0349. The van der Waals surface area contributed by atoms with E-state index in [9.17, 15) is 4.79 Å². The zero-order chi connectivity index (χ0) is 12.2. The van der Waals surface area contributed by atoms with Crippen LogP contribution in [0, 0.1) is 0 Å². The summed E-state index contributed by atoms with van der Waals surface area (Å²) in [6, 6.07) is 1.63. The van der Waals surface area contributed by atoms with Crippen LogP contribution >= 0.6 is 0 Å². The molecule has 0 atom stereocenters. The van der Waals surface area contributed by atoms with Crippen molar-refractivity contribution in [3.05, 3.63) is 23.7 Å². The molecule has 0 aliphatic rings. The highest BCUT2D eigenvalue weighted by Crippen LogP contribution is 2.13. The highest BCUT2D eigenvalue weighted by molar-refractivity contribution is 5.86. The molecule has 0 aliphatic heterocycles. The van der Waals surface area contributed by atoms with Gasteiger partial charge in [-0.25, -0.2) is 4.79 Å². The van der Waals surface area contributed by atoms with Gasteiger partial charge in [-0.15, -0.1) is 0 Å². The second-order valence-corrected chi connectivity index (χ2v) is 4.29. The van der Waals surface area contributed by atoms with Crippen molar-refractivity contribution in [3.8, 4) is 0 Å². The minimum Gasteiger partial charge on any atom is -0.475 e. The summed E-state index contributed by atoms with van der Waals surface area (Å²) < 4.78 is 4.86. The SMILES string of the molecule is CC(C)(CCO)NCc1ccoc1C(=O)O. The molecule has 1 heterocycles. The molecule has 3 N–H and O–H groups in total. The Morgan fingerprint density at radius 3 is 2.81 bits per heavy atom. The van der Waals surface area contributed by atoms with Crippen LogP contribution in [0.4, 0.5) is 0 Å². The van der Waals surface area contributed by atoms with Crippen LogP contribution in [0.3, 0.4) is 0 Å². The fourth-order valence-corrected chi connectivity index (χ4v) is 1.36. The number of rotatable bonds is 6. The molecule has 0 aliphatic carbocycles. The lowest BCUT2D eigenvalue weighted by Gasteiger charge is -2.25. The van der Waals surface area contributed by atoms with E-state index in [-0.39, 0.29) is 17.9 Å². The molecular formula is C11H17NO4. The Morgan fingerprint density at radius 1 is 1.56 bits per heavy atom. The standard InChI is InChI=1S/C11H17NO4/c1-11(2,4-5-13)12-7-8-3-6-16-9(8)10(14)15/h3,6,12-13H,4-5,7H2,1-2H3,(H,14,15). The van der Waals surface area contributed by atoms with Crippen LogP contribution in [-0.4, -0.2) is 28.3 Å². The average Bonchev–Trinajstić information content (AvgIpc) is 2.62. The Kier molecular flexibility index (Phi) is 4.09. The van der Waals surface area contributed by atoms with Gasteiger partial charge in [0.15, 0.2) is 0 Å². The summed E-state index contributed by atoms with van der Waals surface area (Å²) in [6.07, 6.45) is 1.97. The minimum atomic E-state index is -1.07. The first-order valence-corrected chi connectivity index (χ1v) is 5.12. The van der Waals surface area contributed by atoms with Gasteiger partial charge >= 0.3 is 5.97 Å². The van der Waals surface area contributed by atoms with Gasteiger partial charge in [0, 0.05) is 24.3 Å². The summed E-state index contributed by atoms with van der Waals surface area (Å²) in [6.45, 7) is 4.40. The van der Waals surface area contributed by atoms with Crippen LogP contribution in [0.15, 0.2) is 16.7 Å². The summed E-state index contributed by atoms with van der Waals surface area (Å²) in [7, 11) is 0. The lowest BCUT2D eigenvalue weighted by molar-refractivity contribution is 0.0660. The maximum Gasteiger partial charge on any atom is 0.372 e. The van der Waals surface area contributed by atoms with E-state index >= 15 is 0 Å². The van der Waals surface area contributed by atoms with Crippen LogP contribution in [0.5, 0.6) is 0 Å². The third-order valence-electron chi connectivity index (χ3n) is 2.44. The zero-order valence-electron chi connectivity index (χ0n) is 9.49. The molecule has 0 bridgehead atoms. The molecule has 0 spiro atoms. The summed E-state index contributed by atoms with van der Waals surface area (Å²) in [5.41, 5.74) is 0.375. The van der Waals surface area contributed by atoms with Crippen LogP contribution < -0.4 is 5.32 Å². The summed E-state index contributed by atoms with van der Waals surface area (Å²) in [5, 5.41) is 20.8. The molecule has 0 aromatic carbocycles. The number of carbonyl (C=O) groups is 1. The van der Waals surface area contributed by atoms with Gasteiger partial charge < -0.3 is 19.9 Å². The topological polar surface area (TPSA) is 82.7 Å². The lowest BCUT2D eigenvalue weighted by atomic mass is 10.0. The molecule has 1 rings (SSSR count). The van der Waals surface area contributed by atoms with Crippen molar-refractivity contribution in [1.29, 1.82) is 0 Å². The van der Waals surface area contributed by atoms with E-state index in [1.54, 1.807) is 6.07 Å². The first-order chi connectivity index (χ1) is 7.46. The smallest absolute Gasteiger partial charge is 0.372 e. The lowest BCUT2D eigenvalue weighted by Crippen LogP contribution is -2.39. The largest absolute Gasteiger partial charge is 0.475 e. The fourth-order valence-electron chi connectivity index (χ4n) is 1.36. The van der Waals surface area contributed by atoms with Crippen molar-refractivity contribution in [3.63, 3.8) is 0 Å². The Bertz CT molecular complexity index is 357. The summed E-state index contributed by atoms with van der Waals surface area (Å²) in [4.78, 5) is 10.8. The summed E-state index contributed by atoms with van der Waals surface area (Å²) in [5.74, 6) is -1.10. The quantitative estimate of drug-likeness (QED) is 0.680. The molecule has 16 heavy (non-hydrogen) atoms. The van der Waals surface area contributed by atoms with Crippen LogP contribution in [0.1, 0.15) is 36.4 Å².